The van der Waals surface area contributed by atoms with Crippen molar-refractivity contribution in [3.63, 3.8) is 0 Å². The number of morpholine rings is 1. The maximum atomic E-state index is 10.9. The molecule has 0 aliphatic carbocycles. The normalized spacial score (nSPS) is 26.4. The Bertz CT molecular complexity index is 479. The molecule has 0 radical (unpaired) electrons. The van der Waals surface area contributed by atoms with Crippen molar-refractivity contribution in [1.29, 1.82) is 0 Å². The molecule has 2 unspecified atom stereocenters. The second kappa shape index (κ2) is 4.44. The molecule has 96 valence electrons. The van der Waals surface area contributed by atoms with Gasteiger partial charge in [0.2, 0.25) is 0 Å². The maximum Gasteiger partial charge on any atom is 0.335 e. The molecule has 2 aliphatic rings. The number of benzene rings is 1. The number of halogens is 1. The highest BCUT2D eigenvalue weighted by Gasteiger charge is 2.34. The number of ether oxygens (including phenoxy) is 1. The average molecular weight is 268 g/mol. The monoisotopic (exact) mass is 267 g/mol. The summed E-state index contributed by atoms with van der Waals surface area (Å²) in [5.74, 6) is -0.953. The van der Waals surface area contributed by atoms with Gasteiger partial charge in [0, 0.05) is 13.1 Å². The fourth-order valence-corrected chi connectivity index (χ4v) is 3.01. The number of carboxylic acid groups (broad SMARTS) is 1. The minimum atomic E-state index is -0.953. The SMILES string of the molecule is O=C(O)c1ccc(N2CC3CCC(C2)O3)c(Cl)c1. The topological polar surface area (TPSA) is 49.8 Å². The van der Waals surface area contributed by atoms with Gasteiger partial charge in [-0.25, -0.2) is 4.79 Å². The molecule has 5 heteroatoms. The van der Waals surface area contributed by atoms with Crippen LogP contribution in [0.4, 0.5) is 5.69 Å². The van der Waals surface area contributed by atoms with E-state index in [4.69, 9.17) is 21.4 Å². The number of rotatable bonds is 2. The number of hydrogen-bond donors (Lipinski definition) is 1. The van der Waals surface area contributed by atoms with Crippen LogP contribution in [0.1, 0.15) is 23.2 Å². The van der Waals surface area contributed by atoms with Crippen LogP contribution in [-0.2, 0) is 4.74 Å². The molecule has 1 aromatic rings. The predicted molar refractivity (Wildman–Crippen MR) is 68.5 cm³/mol. The maximum absolute atomic E-state index is 10.9. The third kappa shape index (κ3) is 2.06. The van der Waals surface area contributed by atoms with Gasteiger partial charge >= 0.3 is 5.97 Å². The Kier molecular flexibility index (Phi) is 2.92. The quantitative estimate of drug-likeness (QED) is 0.894. The number of hydrogen-bond acceptors (Lipinski definition) is 3. The van der Waals surface area contributed by atoms with Crippen LogP contribution in [0.15, 0.2) is 18.2 Å². The Labute approximate surface area is 110 Å². The van der Waals surface area contributed by atoms with Gasteiger partial charge in [0.25, 0.3) is 0 Å². The van der Waals surface area contributed by atoms with E-state index in [0.29, 0.717) is 17.2 Å². The van der Waals surface area contributed by atoms with Gasteiger partial charge in [-0.05, 0) is 31.0 Å². The highest BCUT2D eigenvalue weighted by molar-refractivity contribution is 6.33. The summed E-state index contributed by atoms with van der Waals surface area (Å²) in [5, 5.41) is 9.41. The largest absolute Gasteiger partial charge is 0.478 e. The number of aromatic carboxylic acids is 1. The second-order valence-corrected chi connectivity index (χ2v) is 5.24. The molecule has 0 aromatic heterocycles. The Balaban J connectivity index is 1.86. The van der Waals surface area contributed by atoms with E-state index in [1.807, 2.05) is 0 Å². The predicted octanol–water partition coefficient (Wildman–Crippen LogP) is 2.41. The Morgan fingerprint density at radius 3 is 2.56 bits per heavy atom. The number of carbonyl (C=O) groups is 1. The van der Waals surface area contributed by atoms with Gasteiger partial charge in [0.05, 0.1) is 28.5 Å². The lowest BCUT2D eigenvalue weighted by Crippen LogP contribution is -2.42. The number of nitrogens with zero attached hydrogens (tertiary/aromatic N) is 1. The minimum absolute atomic E-state index is 0.222. The molecule has 1 aromatic carbocycles. The summed E-state index contributed by atoms with van der Waals surface area (Å²) in [4.78, 5) is 13.1. The van der Waals surface area contributed by atoms with E-state index in [0.717, 1.165) is 31.6 Å². The zero-order valence-corrected chi connectivity index (χ0v) is 10.6. The molecular weight excluding hydrogens is 254 g/mol. The van der Waals surface area contributed by atoms with Gasteiger partial charge < -0.3 is 14.7 Å². The van der Waals surface area contributed by atoms with Crippen molar-refractivity contribution >= 4 is 23.3 Å². The first-order valence-corrected chi connectivity index (χ1v) is 6.44. The van der Waals surface area contributed by atoms with E-state index in [9.17, 15) is 4.79 Å². The van der Waals surface area contributed by atoms with Crippen LogP contribution in [0, 0.1) is 0 Å². The summed E-state index contributed by atoms with van der Waals surface area (Å²) in [6.07, 6.45) is 2.79. The molecule has 2 bridgehead atoms. The first-order valence-electron chi connectivity index (χ1n) is 6.07. The van der Waals surface area contributed by atoms with Crippen molar-refractivity contribution in [2.24, 2.45) is 0 Å². The van der Waals surface area contributed by atoms with E-state index in [2.05, 4.69) is 4.90 Å². The third-order valence-electron chi connectivity index (χ3n) is 3.58. The van der Waals surface area contributed by atoms with Crippen LogP contribution in [0.3, 0.4) is 0 Å². The van der Waals surface area contributed by atoms with E-state index in [1.54, 1.807) is 12.1 Å². The van der Waals surface area contributed by atoms with Crippen molar-refractivity contribution in [2.75, 3.05) is 18.0 Å². The average Bonchev–Trinajstić information content (AvgIpc) is 2.68. The molecule has 0 saturated carbocycles. The summed E-state index contributed by atoms with van der Waals surface area (Å²) in [6, 6.07) is 4.90. The summed E-state index contributed by atoms with van der Waals surface area (Å²) < 4.78 is 5.77. The summed E-state index contributed by atoms with van der Waals surface area (Å²) in [6.45, 7) is 1.67. The van der Waals surface area contributed by atoms with Crippen LogP contribution >= 0.6 is 11.6 Å². The molecule has 4 nitrogen and oxygen atoms in total. The van der Waals surface area contributed by atoms with Gasteiger partial charge in [0.15, 0.2) is 0 Å². The van der Waals surface area contributed by atoms with E-state index in [-0.39, 0.29) is 5.56 Å². The summed E-state index contributed by atoms with van der Waals surface area (Å²) in [7, 11) is 0. The van der Waals surface area contributed by atoms with Gasteiger partial charge in [-0.1, -0.05) is 11.6 Å². The van der Waals surface area contributed by atoms with Crippen molar-refractivity contribution in [2.45, 2.75) is 25.0 Å². The van der Waals surface area contributed by atoms with Crippen LogP contribution in [0.2, 0.25) is 5.02 Å². The molecular formula is C13H14ClNO3. The van der Waals surface area contributed by atoms with Gasteiger partial charge in [-0.2, -0.15) is 0 Å². The van der Waals surface area contributed by atoms with Gasteiger partial charge in [0.1, 0.15) is 0 Å². The van der Waals surface area contributed by atoms with E-state index in [1.165, 1.54) is 6.07 Å². The highest BCUT2D eigenvalue weighted by atomic mass is 35.5. The molecule has 0 spiro atoms. The first-order chi connectivity index (χ1) is 8.63. The lowest BCUT2D eigenvalue weighted by atomic mass is 10.1. The lowest BCUT2D eigenvalue weighted by Gasteiger charge is -2.34. The lowest BCUT2D eigenvalue weighted by molar-refractivity contribution is 0.0305. The zero-order valence-electron chi connectivity index (χ0n) is 9.80. The van der Waals surface area contributed by atoms with Gasteiger partial charge in [-0.3, -0.25) is 0 Å². The standard InChI is InChI=1S/C13H14ClNO3/c14-11-5-8(13(16)17)1-4-12(11)15-6-9-2-3-10(7-15)18-9/h1,4-5,9-10H,2-3,6-7H2,(H,16,17). The van der Waals surface area contributed by atoms with Crippen molar-refractivity contribution < 1.29 is 14.6 Å². The molecule has 3 rings (SSSR count). The second-order valence-electron chi connectivity index (χ2n) is 4.83. The van der Waals surface area contributed by atoms with Crippen LogP contribution in [0.25, 0.3) is 0 Å². The highest BCUT2D eigenvalue weighted by Crippen LogP contribution is 2.33. The van der Waals surface area contributed by atoms with E-state index < -0.39 is 5.97 Å². The minimum Gasteiger partial charge on any atom is -0.478 e. The molecule has 2 saturated heterocycles. The van der Waals surface area contributed by atoms with Crippen molar-refractivity contribution in [3.05, 3.63) is 28.8 Å². The van der Waals surface area contributed by atoms with Crippen LogP contribution in [-0.4, -0.2) is 36.4 Å². The number of anilines is 1. The number of fused-ring (bicyclic) bond motifs is 2. The fraction of sp³-hybridized carbons (Fsp3) is 0.462. The van der Waals surface area contributed by atoms with E-state index >= 15 is 0 Å². The fourth-order valence-electron chi connectivity index (χ4n) is 2.71. The van der Waals surface area contributed by atoms with Crippen LogP contribution in [0.5, 0.6) is 0 Å². The third-order valence-corrected chi connectivity index (χ3v) is 3.88. The molecule has 2 aliphatic heterocycles. The molecule has 0 amide bonds. The molecule has 18 heavy (non-hydrogen) atoms. The smallest absolute Gasteiger partial charge is 0.335 e. The molecule has 2 heterocycles. The molecule has 1 N–H and O–H groups in total. The van der Waals surface area contributed by atoms with Crippen molar-refractivity contribution in [3.8, 4) is 0 Å². The summed E-state index contributed by atoms with van der Waals surface area (Å²) in [5.41, 5.74) is 1.13. The summed E-state index contributed by atoms with van der Waals surface area (Å²) >= 11 is 6.18. The van der Waals surface area contributed by atoms with Gasteiger partial charge in [-0.15, -0.1) is 0 Å². The Morgan fingerprint density at radius 2 is 2.00 bits per heavy atom. The molecule has 2 atom stereocenters. The van der Waals surface area contributed by atoms with Crippen molar-refractivity contribution in [1.82, 2.24) is 0 Å². The van der Waals surface area contributed by atoms with Crippen LogP contribution < -0.4 is 4.90 Å². The Hall–Kier alpha value is -1.26. The number of carboxylic acids is 1. The first kappa shape index (κ1) is 11.8. The zero-order chi connectivity index (χ0) is 12.7. The molecule has 2 fully saturated rings. The Morgan fingerprint density at radius 1 is 1.33 bits per heavy atom.